The minimum Gasteiger partial charge on any atom is -0.289 e. The van der Waals surface area contributed by atoms with Gasteiger partial charge in [0.15, 0.2) is 0 Å². The van der Waals surface area contributed by atoms with E-state index in [9.17, 15) is 9.00 Å². The zero-order chi connectivity index (χ0) is 11.4. The average Bonchev–Trinajstić information content (AvgIpc) is 2.20. The van der Waals surface area contributed by atoms with Gasteiger partial charge in [-0.1, -0.05) is 24.3 Å². The van der Waals surface area contributed by atoms with E-state index >= 15 is 0 Å². The number of carbonyl (C=O) groups excluding carboxylic acids is 1. The van der Waals surface area contributed by atoms with E-state index < -0.39 is 17.2 Å². The van der Waals surface area contributed by atoms with Crippen molar-refractivity contribution in [1.29, 1.82) is 0 Å². The Morgan fingerprint density at radius 2 is 2.00 bits per heavy atom. The molecule has 1 unspecified atom stereocenters. The van der Waals surface area contributed by atoms with Crippen LogP contribution in [-0.4, -0.2) is 14.7 Å². The van der Waals surface area contributed by atoms with E-state index in [1.54, 1.807) is 24.3 Å². The Hall–Kier alpha value is -1.46. The largest absolute Gasteiger partial charge is 0.289 e. The summed E-state index contributed by atoms with van der Waals surface area (Å²) in [6.07, 6.45) is 0.994. The first-order valence-electron chi connectivity index (χ1n) is 4.20. The molecule has 0 aromatic heterocycles. The molecule has 1 atom stereocenters. The number of benzene rings is 1. The average molecular weight is 225 g/mol. The first kappa shape index (κ1) is 11.6. The highest BCUT2D eigenvalue weighted by molar-refractivity contribution is 7.81. The summed E-state index contributed by atoms with van der Waals surface area (Å²) >= 11 is -2.38. The van der Waals surface area contributed by atoms with Crippen molar-refractivity contribution in [1.82, 2.24) is 0 Å². The smallest absolute Gasteiger partial charge is 0.269 e. The van der Waals surface area contributed by atoms with Crippen molar-refractivity contribution in [3.8, 4) is 0 Å². The lowest BCUT2D eigenvalue weighted by Crippen LogP contribution is -2.30. The second-order valence-corrected chi connectivity index (χ2v) is 3.73. The molecule has 0 spiro atoms. The van der Waals surface area contributed by atoms with Crippen molar-refractivity contribution >= 4 is 22.9 Å². The van der Waals surface area contributed by atoms with Gasteiger partial charge in [0.05, 0.1) is 5.69 Å². The van der Waals surface area contributed by atoms with E-state index in [1.165, 1.54) is 0 Å². The van der Waals surface area contributed by atoms with Crippen molar-refractivity contribution in [2.24, 2.45) is 0 Å². The Morgan fingerprint density at radius 3 is 2.40 bits per heavy atom. The monoisotopic (exact) mass is 225 g/mol. The fourth-order valence-corrected chi connectivity index (χ4v) is 1.59. The fourth-order valence-electron chi connectivity index (χ4n) is 1.06. The van der Waals surface area contributed by atoms with Gasteiger partial charge in [0.2, 0.25) is 0 Å². The molecule has 15 heavy (non-hydrogen) atoms. The number of anilines is 1. The molecule has 1 amide bonds. The maximum Gasteiger partial charge on any atom is 0.269 e. The molecule has 1 aromatic carbocycles. The maximum absolute atomic E-state index is 11.3. The van der Waals surface area contributed by atoms with E-state index in [-0.39, 0.29) is 0 Å². The van der Waals surface area contributed by atoms with Gasteiger partial charge in [-0.2, -0.15) is 0 Å². The molecule has 1 rings (SSSR count). The predicted octanol–water partition coefficient (Wildman–Crippen LogP) is 1.65. The molecule has 5 heteroatoms. The van der Waals surface area contributed by atoms with Crippen LogP contribution in [0, 0.1) is 6.92 Å². The summed E-state index contributed by atoms with van der Waals surface area (Å²) in [6, 6.07) is 6.72. The van der Waals surface area contributed by atoms with Gasteiger partial charge in [0, 0.05) is 0 Å². The molecule has 0 saturated heterocycles. The molecule has 0 aliphatic carbocycles. The molecule has 0 saturated carbocycles. The maximum atomic E-state index is 11.3. The quantitative estimate of drug-likeness (QED) is 0.628. The molecule has 0 bridgehead atoms. The molecule has 0 aliphatic rings. The highest BCUT2D eigenvalue weighted by Gasteiger charge is 2.17. The highest BCUT2D eigenvalue weighted by Crippen LogP contribution is 2.16. The summed E-state index contributed by atoms with van der Waals surface area (Å²) in [5.74, 6) is -0.611. The van der Waals surface area contributed by atoms with E-state index in [0.717, 1.165) is 15.9 Å². The zero-order valence-corrected chi connectivity index (χ0v) is 9.03. The molecule has 0 heterocycles. The zero-order valence-electron chi connectivity index (χ0n) is 8.21. The number of aryl methyl sites for hydroxylation is 1. The van der Waals surface area contributed by atoms with Gasteiger partial charge in [-0.25, -0.2) is 8.51 Å². The van der Waals surface area contributed by atoms with Gasteiger partial charge in [0.1, 0.15) is 0 Å². The second kappa shape index (κ2) is 4.86. The Balaban J connectivity index is 3.10. The number of nitrogens with zero attached hydrogens (tertiary/aromatic N) is 1. The number of hydrogen-bond donors (Lipinski definition) is 1. The van der Waals surface area contributed by atoms with Crippen LogP contribution < -0.4 is 4.31 Å². The fraction of sp³-hybridized carbons (Fsp3) is 0.100. The SMILES string of the molecule is C=CC(=O)N(c1ccc(C)cc1)S(=O)O. The van der Waals surface area contributed by atoms with Gasteiger partial charge in [0.25, 0.3) is 17.2 Å². The Kier molecular flexibility index (Phi) is 3.76. The normalized spacial score (nSPS) is 11.9. The molecular formula is C10H11NO3S. The molecule has 1 aromatic rings. The Bertz CT molecular complexity index is 400. The lowest BCUT2D eigenvalue weighted by atomic mass is 10.2. The van der Waals surface area contributed by atoms with Crippen molar-refractivity contribution in [2.45, 2.75) is 6.92 Å². The molecule has 80 valence electrons. The summed E-state index contributed by atoms with van der Waals surface area (Å²) in [5, 5.41) is 0. The molecular weight excluding hydrogens is 214 g/mol. The highest BCUT2D eigenvalue weighted by atomic mass is 32.2. The van der Waals surface area contributed by atoms with Gasteiger partial charge >= 0.3 is 0 Å². The molecule has 1 N–H and O–H groups in total. The minimum absolute atomic E-state index is 0.367. The van der Waals surface area contributed by atoms with Crippen LogP contribution in [0.4, 0.5) is 5.69 Å². The lowest BCUT2D eigenvalue weighted by Gasteiger charge is -2.15. The van der Waals surface area contributed by atoms with Gasteiger partial charge in [-0.15, -0.1) is 0 Å². The van der Waals surface area contributed by atoms with Crippen LogP contribution in [0.3, 0.4) is 0 Å². The summed E-state index contributed by atoms with van der Waals surface area (Å²) in [5.41, 5.74) is 1.37. The Morgan fingerprint density at radius 1 is 1.47 bits per heavy atom. The lowest BCUT2D eigenvalue weighted by molar-refractivity contribution is -0.113. The van der Waals surface area contributed by atoms with Crippen LogP contribution in [0.5, 0.6) is 0 Å². The molecule has 0 aliphatic heterocycles. The molecule has 0 fully saturated rings. The first-order chi connectivity index (χ1) is 7.06. The van der Waals surface area contributed by atoms with Gasteiger partial charge in [-0.3, -0.25) is 9.35 Å². The van der Waals surface area contributed by atoms with Crippen LogP contribution in [0.25, 0.3) is 0 Å². The predicted molar refractivity (Wildman–Crippen MR) is 59.6 cm³/mol. The van der Waals surface area contributed by atoms with Crippen molar-refractivity contribution < 1.29 is 13.6 Å². The second-order valence-electron chi connectivity index (χ2n) is 2.90. The van der Waals surface area contributed by atoms with Crippen LogP contribution in [0.15, 0.2) is 36.9 Å². The summed E-state index contributed by atoms with van der Waals surface area (Å²) in [6.45, 7) is 5.16. The summed E-state index contributed by atoms with van der Waals surface area (Å²) in [4.78, 5) is 11.3. The third-order valence-corrected chi connectivity index (χ3v) is 2.50. The molecule has 0 radical (unpaired) electrons. The van der Waals surface area contributed by atoms with E-state index in [4.69, 9.17) is 4.55 Å². The summed E-state index contributed by atoms with van der Waals surface area (Å²) in [7, 11) is 0. The topological polar surface area (TPSA) is 57.6 Å². The van der Waals surface area contributed by atoms with E-state index in [1.807, 2.05) is 6.92 Å². The van der Waals surface area contributed by atoms with Gasteiger partial charge < -0.3 is 0 Å². The summed E-state index contributed by atoms with van der Waals surface area (Å²) < 4.78 is 20.7. The number of hydrogen-bond acceptors (Lipinski definition) is 2. The number of rotatable bonds is 3. The minimum atomic E-state index is -2.38. The Labute approximate surface area is 90.6 Å². The van der Waals surface area contributed by atoms with Crippen molar-refractivity contribution in [2.75, 3.05) is 4.31 Å². The molecule has 4 nitrogen and oxygen atoms in total. The first-order valence-corrected chi connectivity index (χ1v) is 5.27. The van der Waals surface area contributed by atoms with Crippen LogP contribution >= 0.6 is 0 Å². The van der Waals surface area contributed by atoms with Crippen LogP contribution in [0.2, 0.25) is 0 Å². The number of carbonyl (C=O) groups is 1. The van der Waals surface area contributed by atoms with Crippen molar-refractivity contribution in [3.05, 3.63) is 42.5 Å². The van der Waals surface area contributed by atoms with E-state index in [0.29, 0.717) is 5.69 Å². The number of amides is 1. The van der Waals surface area contributed by atoms with Crippen molar-refractivity contribution in [3.63, 3.8) is 0 Å². The van der Waals surface area contributed by atoms with Crippen LogP contribution in [-0.2, 0) is 16.1 Å². The third-order valence-electron chi connectivity index (χ3n) is 1.80. The van der Waals surface area contributed by atoms with Crippen LogP contribution in [0.1, 0.15) is 5.56 Å². The standard InChI is InChI=1S/C10H11NO3S/c1-3-10(12)11(15(13)14)9-6-4-8(2)5-7-9/h3-7H,1H2,2H3,(H,13,14). The third kappa shape index (κ3) is 2.74. The van der Waals surface area contributed by atoms with Gasteiger partial charge in [-0.05, 0) is 25.1 Å². The van der Waals surface area contributed by atoms with E-state index in [2.05, 4.69) is 6.58 Å².